The largest absolute Gasteiger partial charge is 0.469 e. The van der Waals surface area contributed by atoms with Crippen molar-refractivity contribution in [3.05, 3.63) is 72.8 Å². The van der Waals surface area contributed by atoms with Crippen LogP contribution in [0.15, 0.2) is 67.3 Å². The maximum atomic E-state index is 12.1. The van der Waals surface area contributed by atoms with Crippen molar-refractivity contribution in [3.8, 4) is 0 Å². The highest BCUT2D eigenvalue weighted by atomic mass is 16.5. The molecule has 0 heterocycles. The van der Waals surface area contributed by atoms with E-state index >= 15 is 0 Å². The lowest BCUT2D eigenvalue weighted by atomic mass is 9.92. The summed E-state index contributed by atoms with van der Waals surface area (Å²) in [6.45, 7) is 5.66. The molecule has 0 fully saturated rings. The zero-order valence-corrected chi connectivity index (χ0v) is 15.7. The van der Waals surface area contributed by atoms with Crippen LogP contribution in [0.25, 0.3) is 10.8 Å². The lowest BCUT2D eigenvalue weighted by molar-refractivity contribution is -0.139. The molecule has 1 amide bonds. The number of alkyl carbamates (subject to hydrolysis) is 1. The van der Waals surface area contributed by atoms with E-state index in [-0.39, 0.29) is 31.0 Å². The van der Waals surface area contributed by atoms with Crippen LogP contribution >= 0.6 is 0 Å². The normalized spacial score (nSPS) is 13.1. The summed E-state index contributed by atoms with van der Waals surface area (Å²) in [6, 6.07) is 13.8. The number of rotatable bonds is 8. The van der Waals surface area contributed by atoms with E-state index in [1.165, 1.54) is 13.2 Å². The van der Waals surface area contributed by atoms with Crippen molar-refractivity contribution < 1.29 is 19.1 Å². The SMILES string of the molecule is C=CCOC(=O)NC(c1ccc2ccccc2c1)C(C)C=CCC(=O)OC. The predicted molar refractivity (Wildman–Crippen MR) is 106 cm³/mol. The van der Waals surface area contributed by atoms with E-state index in [0.29, 0.717) is 0 Å². The molecule has 2 aromatic carbocycles. The Bertz CT molecular complexity index is 828. The number of ether oxygens (including phenoxy) is 2. The molecular formula is C22H25NO4. The van der Waals surface area contributed by atoms with Crippen LogP contribution in [0.4, 0.5) is 4.79 Å². The summed E-state index contributed by atoms with van der Waals surface area (Å²) in [6.07, 6.45) is 4.84. The smallest absolute Gasteiger partial charge is 0.407 e. The van der Waals surface area contributed by atoms with Crippen molar-refractivity contribution in [1.29, 1.82) is 0 Å². The number of nitrogens with one attached hydrogen (secondary N) is 1. The lowest BCUT2D eigenvalue weighted by Gasteiger charge is -2.23. The average Bonchev–Trinajstić information content (AvgIpc) is 2.69. The first-order valence-corrected chi connectivity index (χ1v) is 8.81. The van der Waals surface area contributed by atoms with E-state index in [1.54, 1.807) is 6.08 Å². The third-order valence-electron chi connectivity index (χ3n) is 4.22. The van der Waals surface area contributed by atoms with Gasteiger partial charge in [-0.3, -0.25) is 4.79 Å². The Kier molecular flexibility index (Phi) is 7.62. The van der Waals surface area contributed by atoms with E-state index in [9.17, 15) is 9.59 Å². The number of carbonyl (C=O) groups is 2. The minimum atomic E-state index is -0.513. The maximum Gasteiger partial charge on any atom is 0.407 e. The molecule has 0 aromatic heterocycles. The van der Waals surface area contributed by atoms with Gasteiger partial charge in [0.25, 0.3) is 0 Å². The fraction of sp³-hybridized carbons (Fsp3) is 0.273. The number of carbonyl (C=O) groups excluding carboxylic acids is 2. The van der Waals surface area contributed by atoms with Crippen LogP contribution < -0.4 is 5.32 Å². The molecule has 0 radical (unpaired) electrons. The average molecular weight is 367 g/mol. The Morgan fingerprint density at radius 1 is 1.19 bits per heavy atom. The van der Waals surface area contributed by atoms with Crippen LogP contribution in [0.5, 0.6) is 0 Å². The highest BCUT2D eigenvalue weighted by molar-refractivity contribution is 5.83. The topological polar surface area (TPSA) is 64.6 Å². The number of amides is 1. The standard InChI is InChI=1S/C22H25NO4/c1-4-14-27-22(25)23-21(16(2)8-7-11-20(24)26-3)19-13-12-17-9-5-6-10-18(17)15-19/h4-10,12-13,15-16,21H,1,11,14H2,2-3H3,(H,23,25). The van der Waals surface area contributed by atoms with Crippen LogP contribution in [0.3, 0.4) is 0 Å². The van der Waals surface area contributed by atoms with Crippen molar-refractivity contribution in [2.45, 2.75) is 19.4 Å². The zero-order chi connectivity index (χ0) is 19.6. The van der Waals surface area contributed by atoms with Crippen molar-refractivity contribution in [1.82, 2.24) is 5.32 Å². The molecule has 1 N–H and O–H groups in total. The van der Waals surface area contributed by atoms with Gasteiger partial charge in [0, 0.05) is 0 Å². The summed E-state index contributed by atoms with van der Waals surface area (Å²) in [7, 11) is 1.36. The summed E-state index contributed by atoms with van der Waals surface area (Å²) in [5.74, 6) is -0.369. The van der Waals surface area contributed by atoms with Gasteiger partial charge in [0.1, 0.15) is 6.61 Å². The first-order chi connectivity index (χ1) is 13.0. The van der Waals surface area contributed by atoms with E-state index in [1.807, 2.05) is 49.4 Å². The molecule has 2 unspecified atom stereocenters. The monoisotopic (exact) mass is 367 g/mol. The second-order valence-corrected chi connectivity index (χ2v) is 6.18. The van der Waals surface area contributed by atoms with Gasteiger partial charge >= 0.3 is 12.1 Å². The molecular weight excluding hydrogens is 342 g/mol. The Balaban J connectivity index is 2.25. The number of methoxy groups -OCH3 is 1. The minimum absolute atomic E-state index is 0.0629. The van der Waals surface area contributed by atoms with E-state index in [0.717, 1.165) is 16.3 Å². The molecule has 0 saturated carbocycles. The van der Waals surface area contributed by atoms with Crippen molar-refractivity contribution in [2.75, 3.05) is 13.7 Å². The van der Waals surface area contributed by atoms with Gasteiger partial charge in [-0.05, 0) is 28.3 Å². The van der Waals surface area contributed by atoms with Crippen molar-refractivity contribution in [3.63, 3.8) is 0 Å². The van der Waals surface area contributed by atoms with Crippen LogP contribution in [0, 0.1) is 5.92 Å². The van der Waals surface area contributed by atoms with Gasteiger partial charge in [-0.15, -0.1) is 0 Å². The van der Waals surface area contributed by atoms with Crippen molar-refractivity contribution in [2.24, 2.45) is 5.92 Å². The first kappa shape index (κ1) is 20.2. The number of esters is 1. The van der Waals surface area contributed by atoms with Crippen molar-refractivity contribution >= 4 is 22.8 Å². The summed E-state index contributed by atoms with van der Waals surface area (Å²) in [4.78, 5) is 23.4. The molecule has 5 heteroatoms. The Hall–Kier alpha value is -3.08. The molecule has 5 nitrogen and oxygen atoms in total. The quantitative estimate of drug-likeness (QED) is 0.549. The number of benzene rings is 2. The molecule has 2 atom stereocenters. The number of fused-ring (bicyclic) bond motifs is 1. The molecule has 0 saturated heterocycles. The number of hydrogen-bond donors (Lipinski definition) is 1. The van der Waals surface area contributed by atoms with Gasteiger partial charge in [0.05, 0.1) is 19.6 Å². The Labute approximate surface area is 159 Å². The van der Waals surface area contributed by atoms with Crippen LogP contribution in [-0.4, -0.2) is 25.8 Å². The van der Waals surface area contributed by atoms with E-state index < -0.39 is 6.09 Å². The fourth-order valence-electron chi connectivity index (χ4n) is 2.80. The Morgan fingerprint density at radius 3 is 2.63 bits per heavy atom. The molecule has 0 spiro atoms. The second-order valence-electron chi connectivity index (χ2n) is 6.18. The lowest BCUT2D eigenvalue weighted by Crippen LogP contribution is -2.32. The summed E-state index contributed by atoms with van der Waals surface area (Å²) in [5.41, 5.74) is 0.958. The Morgan fingerprint density at radius 2 is 1.93 bits per heavy atom. The highest BCUT2D eigenvalue weighted by Crippen LogP contribution is 2.27. The highest BCUT2D eigenvalue weighted by Gasteiger charge is 2.21. The van der Waals surface area contributed by atoms with E-state index in [2.05, 4.69) is 22.7 Å². The van der Waals surface area contributed by atoms with Gasteiger partial charge < -0.3 is 14.8 Å². The molecule has 2 aromatic rings. The maximum absolute atomic E-state index is 12.1. The van der Waals surface area contributed by atoms with Crippen LogP contribution in [0.1, 0.15) is 24.9 Å². The number of hydrogen-bond acceptors (Lipinski definition) is 4. The predicted octanol–water partition coefficient (Wildman–Crippen LogP) is 4.55. The molecule has 0 aliphatic heterocycles. The summed E-state index contributed by atoms with van der Waals surface area (Å²) >= 11 is 0. The third kappa shape index (κ3) is 5.99. The first-order valence-electron chi connectivity index (χ1n) is 8.81. The minimum Gasteiger partial charge on any atom is -0.469 e. The second kappa shape index (κ2) is 10.2. The molecule has 2 rings (SSSR count). The molecule has 0 bridgehead atoms. The summed E-state index contributed by atoms with van der Waals surface area (Å²) in [5, 5.41) is 5.13. The van der Waals surface area contributed by atoms with Gasteiger partial charge in [-0.2, -0.15) is 0 Å². The zero-order valence-electron chi connectivity index (χ0n) is 15.7. The molecule has 0 aliphatic carbocycles. The molecule has 27 heavy (non-hydrogen) atoms. The van der Waals surface area contributed by atoms with Crippen LogP contribution in [0.2, 0.25) is 0 Å². The van der Waals surface area contributed by atoms with Gasteiger partial charge in [-0.1, -0.05) is 68.1 Å². The van der Waals surface area contributed by atoms with Crippen LogP contribution in [-0.2, 0) is 14.3 Å². The van der Waals surface area contributed by atoms with Gasteiger partial charge in [0.2, 0.25) is 0 Å². The third-order valence-corrected chi connectivity index (χ3v) is 4.22. The van der Waals surface area contributed by atoms with E-state index in [4.69, 9.17) is 4.74 Å². The van der Waals surface area contributed by atoms with Gasteiger partial charge in [0.15, 0.2) is 0 Å². The summed E-state index contributed by atoms with van der Waals surface area (Å²) < 4.78 is 9.72. The molecule has 0 aliphatic rings. The molecule has 142 valence electrons. The fourth-order valence-corrected chi connectivity index (χ4v) is 2.80. The van der Waals surface area contributed by atoms with Gasteiger partial charge in [-0.25, -0.2) is 4.79 Å².